The number of likely N-dealkylation sites (N-methyl/N-ethyl adjacent to an activating group) is 1. The van der Waals surface area contributed by atoms with Gasteiger partial charge in [-0.1, -0.05) is 19.4 Å². The second kappa shape index (κ2) is 6.49. The molecule has 0 spiro atoms. The lowest BCUT2D eigenvalue weighted by Gasteiger charge is -2.38. The maximum atomic E-state index is 10.2. The van der Waals surface area contributed by atoms with Crippen molar-refractivity contribution in [2.75, 3.05) is 7.05 Å². The molecule has 0 aromatic carbocycles. The highest BCUT2D eigenvalue weighted by atomic mass is 16.3. The molecule has 106 valence electrons. The van der Waals surface area contributed by atoms with E-state index >= 15 is 0 Å². The summed E-state index contributed by atoms with van der Waals surface area (Å²) in [5, 5.41) is 10.2. The van der Waals surface area contributed by atoms with E-state index in [2.05, 4.69) is 36.0 Å². The number of aromatic nitrogens is 1. The van der Waals surface area contributed by atoms with Crippen molar-refractivity contribution in [2.24, 2.45) is 5.92 Å². The Labute approximate surface area is 116 Å². The standard InChI is InChI=1S/C16H26N2O/c1-4-13-8-9-16(19)15(10-13)18(3)11-14-7-5-6-12(2)17-14/h5-7,13,15-16,19H,4,8-11H2,1-3H3. The Morgan fingerprint density at radius 1 is 1.37 bits per heavy atom. The van der Waals surface area contributed by atoms with Crippen molar-refractivity contribution >= 4 is 0 Å². The summed E-state index contributed by atoms with van der Waals surface area (Å²) < 4.78 is 0. The van der Waals surface area contributed by atoms with Gasteiger partial charge in [0, 0.05) is 18.3 Å². The van der Waals surface area contributed by atoms with E-state index in [9.17, 15) is 5.11 Å². The highest BCUT2D eigenvalue weighted by Gasteiger charge is 2.31. The minimum Gasteiger partial charge on any atom is -0.391 e. The van der Waals surface area contributed by atoms with Crippen LogP contribution in [0.2, 0.25) is 0 Å². The summed E-state index contributed by atoms with van der Waals surface area (Å²) in [4.78, 5) is 6.82. The Morgan fingerprint density at radius 2 is 2.16 bits per heavy atom. The predicted octanol–water partition coefficient (Wildman–Crippen LogP) is 2.76. The van der Waals surface area contributed by atoms with Crippen LogP contribution >= 0.6 is 0 Å². The maximum Gasteiger partial charge on any atom is 0.0695 e. The van der Waals surface area contributed by atoms with Crippen molar-refractivity contribution in [2.45, 2.75) is 58.2 Å². The largest absolute Gasteiger partial charge is 0.391 e. The molecule has 2 rings (SSSR count). The maximum absolute atomic E-state index is 10.2. The van der Waals surface area contributed by atoms with Gasteiger partial charge < -0.3 is 5.11 Å². The summed E-state index contributed by atoms with van der Waals surface area (Å²) >= 11 is 0. The summed E-state index contributed by atoms with van der Waals surface area (Å²) in [6, 6.07) is 6.42. The number of rotatable bonds is 4. The van der Waals surface area contributed by atoms with Gasteiger partial charge in [-0.3, -0.25) is 9.88 Å². The zero-order valence-electron chi connectivity index (χ0n) is 12.3. The van der Waals surface area contributed by atoms with Gasteiger partial charge in [0.1, 0.15) is 0 Å². The van der Waals surface area contributed by atoms with Crippen LogP contribution in [0.15, 0.2) is 18.2 Å². The van der Waals surface area contributed by atoms with Crippen LogP contribution < -0.4 is 0 Å². The van der Waals surface area contributed by atoms with Crippen molar-refractivity contribution in [3.05, 3.63) is 29.6 Å². The fraction of sp³-hybridized carbons (Fsp3) is 0.688. The van der Waals surface area contributed by atoms with Crippen LogP contribution in [0.1, 0.15) is 44.0 Å². The average molecular weight is 262 g/mol. The topological polar surface area (TPSA) is 36.4 Å². The minimum absolute atomic E-state index is 0.183. The Bertz CT molecular complexity index is 407. The fourth-order valence-corrected chi connectivity index (χ4v) is 3.12. The summed E-state index contributed by atoms with van der Waals surface area (Å²) in [6.45, 7) is 5.09. The zero-order valence-corrected chi connectivity index (χ0v) is 12.3. The summed E-state index contributed by atoms with van der Waals surface area (Å²) in [7, 11) is 2.11. The van der Waals surface area contributed by atoms with Crippen LogP contribution in [-0.4, -0.2) is 34.2 Å². The number of aliphatic hydroxyl groups is 1. The Balaban J connectivity index is 1.99. The summed E-state index contributed by atoms with van der Waals surface area (Å²) in [5.41, 5.74) is 2.15. The van der Waals surface area contributed by atoms with Gasteiger partial charge >= 0.3 is 0 Å². The number of pyridine rings is 1. The quantitative estimate of drug-likeness (QED) is 0.906. The van der Waals surface area contributed by atoms with Crippen molar-refractivity contribution < 1.29 is 5.11 Å². The number of nitrogens with zero attached hydrogens (tertiary/aromatic N) is 2. The Hall–Kier alpha value is -0.930. The molecule has 1 fully saturated rings. The molecule has 0 saturated heterocycles. The molecule has 1 heterocycles. The molecule has 0 amide bonds. The predicted molar refractivity (Wildman–Crippen MR) is 77.9 cm³/mol. The molecule has 0 radical (unpaired) electrons. The molecule has 19 heavy (non-hydrogen) atoms. The third-order valence-electron chi connectivity index (χ3n) is 4.39. The van der Waals surface area contributed by atoms with E-state index in [1.165, 1.54) is 12.8 Å². The lowest BCUT2D eigenvalue weighted by atomic mass is 9.82. The molecule has 3 nitrogen and oxygen atoms in total. The first kappa shape index (κ1) is 14.5. The SMILES string of the molecule is CCC1CCC(O)C(N(C)Cc2cccc(C)n2)C1. The molecule has 0 aliphatic heterocycles. The van der Waals surface area contributed by atoms with Gasteiger partial charge in [-0.05, 0) is 51.3 Å². The number of hydrogen-bond acceptors (Lipinski definition) is 3. The molecule has 1 N–H and O–H groups in total. The van der Waals surface area contributed by atoms with Gasteiger partial charge in [0.25, 0.3) is 0 Å². The first-order valence-electron chi connectivity index (χ1n) is 7.41. The van der Waals surface area contributed by atoms with E-state index in [0.717, 1.165) is 36.7 Å². The van der Waals surface area contributed by atoms with Gasteiger partial charge in [-0.2, -0.15) is 0 Å². The van der Waals surface area contributed by atoms with Crippen molar-refractivity contribution in [1.82, 2.24) is 9.88 Å². The highest BCUT2D eigenvalue weighted by Crippen LogP contribution is 2.30. The van der Waals surface area contributed by atoms with Gasteiger partial charge in [-0.25, -0.2) is 0 Å². The average Bonchev–Trinajstić information content (AvgIpc) is 2.39. The molecule has 3 atom stereocenters. The van der Waals surface area contributed by atoms with Gasteiger partial charge in [0.2, 0.25) is 0 Å². The first-order valence-corrected chi connectivity index (χ1v) is 7.41. The molecule has 1 saturated carbocycles. The second-order valence-corrected chi connectivity index (χ2v) is 5.91. The molecular formula is C16H26N2O. The van der Waals surface area contributed by atoms with Crippen LogP contribution in [0.25, 0.3) is 0 Å². The summed E-state index contributed by atoms with van der Waals surface area (Å²) in [5.74, 6) is 0.765. The fourth-order valence-electron chi connectivity index (χ4n) is 3.12. The van der Waals surface area contributed by atoms with Gasteiger partial charge in [0.15, 0.2) is 0 Å². The molecule has 3 unspecified atom stereocenters. The van der Waals surface area contributed by atoms with Crippen LogP contribution in [-0.2, 0) is 6.54 Å². The number of aliphatic hydroxyl groups excluding tert-OH is 1. The molecule has 1 aromatic heterocycles. The highest BCUT2D eigenvalue weighted by molar-refractivity contribution is 5.10. The summed E-state index contributed by atoms with van der Waals surface area (Å²) in [6.07, 6.45) is 4.26. The molecule has 1 aromatic rings. The van der Waals surface area contributed by atoms with Crippen molar-refractivity contribution in [1.29, 1.82) is 0 Å². The Morgan fingerprint density at radius 3 is 2.84 bits per heavy atom. The number of hydrogen-bond donors (Lipinski definition) is 1. The van der Waals surface area contributed by atoms with Gasteiger partial charge in [0.05, 0.1) is 11.8 Å². The molecular weight excluding hydrogens is 236 g/mol. The van der Waals surface area contributed by atoms with Crippen LogP contribution in [0, 0.1) is 12.8 Å². The normalized spacial score (nSPS) is 27.7. The van der Waals surface area contributed by atoms with E-state index < -0.39 is 0 Å². The Kier molecular flexibility index (Phi) is 4.94. The lowest BCUT2D eigenvalue weighted by molar-refractivity contribution is 0.0100. The van der Waals surface area contributed by atoms with Crippen LogP contribution in [0.5, 0.6) is 0 Å². The van der Waals surface area contributed by atoms with Crippen molar-refractivity contribution in [3.8, 4) is 0 Å². The zero-order chi connectivity index (χ0) is 13.8. The van der Waals surface area contributed by atoms with E-state index in [-0.39, 0.29) is 12.1 Å². The molecule has 1 aliphatic rings. The van der Waals surface area contributed by atoms with E-state index in [0.29, 0.717) is 0 Å². The van der Waals surface area contributed by atoms with Crippen LogP contribution in [0.3, 0.4) is 0 Å². The molecule has 1 aliphatic carbocycles. The smallest absolute Gasteiger partial charge is 0.0695 e. The van der Waals surface area contributed by atoms with E-state index in [1.54, 1.807) is 0 Å². The van der Waals surface area contributed by atoms with Crippen molar-refractivity contribution in [3.63, 3.8) is 0 Å². The van der Waals surface area contributed by atoms with Gasteiger partial charge in [-0.15, -0.1) is 0 Å². The lowest BCUT2D eigenvalue weighted by Crippen LogP contribution is -2.45. The van der Waals surface area contributed by atoms with E-state index in [4.69, 9.17) is 0 Å². The third-order valence-corrected chi connectivity index (χ3v) is 4.39. The minimum atomic E-state index is -0.183. The first-order chi connectivity index (χ1) is 9.10. The van der Waals surface area contributed by atoms with Crippen LogP contribution in [0.4, 0.5) is 0 Å². The van der Waals surface area contributed by atoms with E-state index in [1.807, 2.05) is 13.0 Å². The number of aryl methyl sites for hydroxylation is 1. The molecule has 0 bridgehead atoms. The monoisotopic (exact) mass is 262 g/mol. The second-order valence-electron chi connectivity index (χ2n) is 5.91. The molecule has 3 heteroatoms. The third kappa shape index (κ3) is 3.77.